The van der Waals surface area contributed by atoms with Crippen LogP contribution in [0.5, 0.6) is 5.75 Å². The SMILES string of the molecule is CCN(CC)CCN1C(=O)C(O)=C(C(=O)c2cc3cc(Cl)ccc3o2)C1c1cccc(OC(C)=O)c1. The first-order chi connectivity index (χ1) is 17.2. The maximum absolute atomic E-state index is 13.7. The van der Waals surface area contributed by atoms with Crippen LogP contribution in [-0.4, -0.2) is 58.7 Å². The van der Waals surface area contributed by atoms with E-state index in [-0.39, 0.29) is 23.6 Å². The highest BCUT2D eigenvalue weighted by atomic mass is 35.5. The van der Waals surface area contributed by atoms with Crippen LogP contribution in [-0.2, 0) is 9.59 Å². The molecule has 2 aromatic carbocycles. The van der Waals surface area contributed by atoms with Crippen LogP contribution in [0.15, 0.2) is 64.3 Å². The molecule has 3 aromatic rings. The molecule has 0 fully saturated rings. The number of ether oxygens (including phenoxy) is 1. The van der Waals surface area contributed by atoms with Gasteiger partial charge < -0.3 is 24.1 Å². The van der Waals surface area contributed by atoms with E-state index >= 15 is 0 Å². The van der Waals surface area contributed by atoms with E-state index in [9.17, 15) is 19.5 Å². The normalized spacial score (nSPS) is 15.9. The van der Waals surface area contributed by atoms with Gasteiger partial charge in [-0.15, -0.1) is 0 Å². The second-order valence-corrected chi connectivity index (χ2v) is 8.91. The molecule has 0 spiro atoms. The minimum absolute atomic E-state index is 0.0200. The van der Waals surface area contributed by atoms with E-state index in [0.29, 0.717) is 28.1 Å². The molecule has 0 aliphatic carbocycles. The zero-order chi connectivity index (χ0) is 26.0. The van der Waals surface area contributed by atoms with Gasteiger partial charge in [0.05, 0.1) is 11.6 Å². The van der Waals surface area contributed by atoms with E-state index in [0.717, 1.165) is 13.1 Å². The van der Waals surface area contributed by atoms with Crippen molar-refractivity contribution in [2.45, 2.75) is 26.8 Å². The van der Waals surface area contributed by atoms with E-state index in [4.69, 9.17) is 20.8 Å². The minimum Gasteiger partial charge on any atom is -0.503 e. The van der Waals surface area contributed by atoms with Crippen molar-refractivity contribution in [3.05, 3.63) is 76.2 Å². The molecule has 1 atom stereocenters. The number of fused-ring (bicyclic) bond motifs is 1. The van der Waals surface area contributed by atoms with Crippen molar-refractivity contribution in [3.8, 4) is 5.75 Å². The Morgan fingerprint density at radius 1 is 1.14 bits per heavy atom. The molecule has 8 nitrogen and oxygen atoms in total. The maximum Gasteiger partial charge on any atom is 0.308 e. The van der Waals surface area contributed by atoms with Gasteiger partial charge in [-0.1, -0.05) is 37.6 Å². The number of Topliss-reactive ketones (excluding diaryl/α,β-unsaturated/α-hetero) is 1. The van der Waals surface area contributed by atoms with Crippen LogP contribution in [0.4, 0.5) is 0 Å². The number of halogens is 1. The molecule has 0 radical (unpaired) electrons. The topological polar surface area (TPSA) is 100 Å². The number of aliphatic hydroxyl groups is 1. The zero-order valence-electron chi connectivity index (χ0n) is 20.3. The fourth-order valence-electron chi connectivity index (χ4n) is 4.42. The van der Waals surface area contributed by atoms with Crippen LogP contribution in [0.25, 0.3) is 11.0 Å². The van der Waals surface area contributed by atoms with Crippen molar-refractivity contribution in [2.75, 3.05) is 26.2 Å². The molecule has 4 rings (SSSR count). The number of hydrogen-bond acceptors (Lipinski definition) is 7. The molecule has 36 heavy (non-hydrogen) atoms. The molecule has 188 valence electrons. The Morgan fingerprint density at radius 2 is 1.89 bits per heavy atom. The van der Waals surface area contributed by atoms with Gasteiger partial charge in [0.2, 0.25) is 5.78 Å². The van der Waals surface area contributed by atoms with E-state index in [1.807, 2.05) is 13.8 Å². The summed E-state index contributed by atoms with van der Waals surface area (Å²) in [6, 6.07) is 12.2. The van der Waals surface area contributed by atoms with Gasteiger partial charge in [-0.05, 0) is 55.1 Å². The standard InChI is InChI=1S/C27H27ClN2O6/c1-4-29(5-2)11-12-30-24(17-7-6-8-20(14-17)35-16(3)31)23(26(33)27(30)34)25(32)22-15-18-13-19(28)9-10-21(18)36-22/h6-10,13-15,24,33H,4-5,11-12H2,1-3H3. The van der Waals surface area contributed by atoms with Crippen LogP contribution in [0.2, 0.25) is 5.02 Å². The average molecular weight is 511 g/mol. The van der Waals surface area contributed by atoms with Crippen LogP contribution < -0.4 is 4.74 Å². The van der Waals surface area contributed by atoms with Crippen LogP contribution in [0, 0.1) is 0 Å². The molecule has 1 aliphatic rings. The van der Waals surface area contributed by atoms with Crippen LogP contribution >= 0.6 is 11.6 Å². The second kappa shape index (κ2) is 10.6. The number of benzene rings is 2. The third-order valence-electron chi connectivity index (χ3n) is 6.24. The fourth-order valence-corrected chi connectivity index (χ4v) is 4.61. The van der Waals surface area contributed by atoms with E-state index in [1.165, 1.54) is 11.8 Å². The maximum atomic E-state index is 13.7. The Labute approximate surface area is 213 Å². The Morgan fingerprint density at radius 3 is 2.58 bits per heavy atom. The summed E-state index contributed by atoms with van der Waals surface area (Å²) < 4.78 is 11.0. The quantitative estimate of drug-likeness (QED) is 0.247. The summed E-state index contributed by atoms with van der Waals surface area (Å²) in [5.41, 5.74) is 0.886. The summed E-state index contributed by atoms with van der Waals surface area (Å²) in [5, 5.41) is 12.0. The van der Waals surface area contributed by atoms with Crippen molar-refractivity contribution in [1.29, 1.82) is 0 Å². The highest BCUT2D eigenvalue weighted by molar-refractivity contribution is 6.31. The average Bonchev–Trinajstić information content (AvgIpc) is 3.38. The molecule has 2 heterocycles. The number of carbonyl (C=O) groups is 3. The summed E-state index contributed by atoms with van der Waals surface area (Å²) in [7, 11) is 0. The van der Waals surface area contributed by atoms with Crippen molar-refractivity contribution >= 4 is 40.2 Å². The number of aliphatic hydroxyl groups excluding tert-OH is 1. The van der Waals surface area contributed by atoms with Crippen molar-refractivity contribution in [3.63, 3.8) is 0 Å². The molecule has 1 amide bonds. The molecule has 1 unspecified atom stereocenters. The molecule has 1 aliphatic heterocycles. The predicted molar refractivity (Wildman–Crippen MR) is 135 cm³/mol. The van der Waals surface area contributed by atoms with Gasteiger partial charge in [-0.2, -0.15) is 0 Å². The molecular formula is C27H27ClN2O6. The van der Waals surface area contributed by atoms with Gasteiger partial charge in [-0.25, -0.2) is 0 Å². The van der Waals surface area contributed by atoms with Crippen molar-refractivity contribution in [2.24, 2.45) is 0 Å². The second-order valence-electron chi connectivity index (χ2n) is 8.48. The summed E-state index contributed by atoms with van der Waals surface area (Å²) in [4.78, 5) is 42.0. The Balaban J connectivity index is 1.77. The number of ketones is 1. The molecule has 9 heteroatoms. The molecule has 0 saturated carbocycles. The number of likely N-dealkylation sites (N-methyl/N-ethyl adjacent to an activating group) is 1. The molecule has 0 bridgehead atoms. The highest BCUT2D eigenvalue weighted by Gasteiger charge is 2.44. The number of esters is 1. The Bertz CT molecular complexity index is 1360. The smallest absolute Gasteiger partial charge is 0.308 e. The first-order valence-electron chi connectivity index (χ1n) is 11.7. The predicted octanol–water partition coefficient (Wildman–Crippen LogP) is 4.93. The lowest BCUT2D eigenvalue weighted by Gasteiger charge is -2.29. The Kier molecular flexibility index (Phi) is 7.47. The van der Waals surface area contributed by atoms with E-state index in [2.05, 4.69) is 4.90 Å². The Hall–Kier alpha value is -3.62. The molecule has 0 saturated heterocycles. The third-order valence-corrected chi connectivity index (χ3v) is 6.47. The fraction of sp³-hybridized carbons (Fsp3) is 0.296. The van der Waals surface area contributed by atoms with Gasteiger partial charge in [0, 0.05) is 30.4 Å². The number of amides is 1. The minimum atomic E-state index is -0.895. The summed E-state index contributed by atoms with van der Waals surface area (Å²) in [6.45, 7) is 7.74. The summed E-state index contributed by atoms with van der Waals surface area (Å²) in [5.74, 6) is -2.13. The number of furan rings is 1. The van der Waals surface area contributed by atoms with Gasteiger partial charge in [0.1, 0.15) is 11.3 Å². The number of hydrogen-bond donors (Lipinski definition) is 1. The van der Waals surface area contributed by atoms with E-state index in [1.54, 1.807) is 48.5 Å². The molecule has 1 aromatic heterocycles. The molecule has 1 N–H and O–H groups in total. The van der Waals surface area contributed by atoms with Gasteiger partial charge >= 0.3 is 5.97 Å². The first-order valence-corrected chi connectivity index (χ1v) is 12.1. The number of nitrogens with zero attached hydrogens (tertiary/aromatic N) is 2. The van der Waals surface area contributed by atoms with Crippen molar-refractivity contribution in [1.82, 2.24) is 9.80 Å². The number of carbonyl (C=O) groups excluding carboxylic acids is 3. The van der Waals surface area contributed by atoms with Gasteiger partial charge in [0.25, 0.3) is 5.91 Å². The largest absolute Gasteiger partial charge is 0.503 e. The molecular weight excluding hydrogens is 484 g/mol. The van der Waals surface area contributed by atoms with Crippen LogP contribution in [0.1, 0.15) is 42.9 Å². The monoisotopic (exact) mass is 510 g/mol. The summed E-state index contributed by atoms with van der Waals surface area (Å²) >= 11 is 6.07. The van der Waals surface area contributed by atoms with Crippen molar-refractivity contribution < 1.29 is 28.6 Å². The van der Waals surface area contributed by atoms with Gasteiger partial charge in [0.15, 0.2) is 11.5 Å². The lowest BCUT2D eigenvalue weighted by molar-refractivity contribution is -0.132. The summed E-state index contributed by atoms with van der Waals surface area (Å²) in [6.07, 6.45) is 0. The van der Waals surface area contributed by atoms with Gasteiger partial charge in [-0.3, -0.25) is 14.4 Å². The third kappa shape index (κ3) is 5.01. The lowest BCUT2D eigenvalue weighted by Crippen LogP contribution is -2.38. The van der Waals surface area contributed by atoms with Crippen LogP contribution in [0.3, 0.4) is 0 Å². The highest BCUT2D eigenvalue weighted by Crippen LogP contribution is 2.40. The number of rotatable bonds is 9. The lowest BCUT2D eigenvalue weighted by atomic mass is 9.95. The first kappa shape index (κ1) is 25.5. The van der Waals surface area contributed by atoms with E-state index < -0.39 is 29.5 Å². The zero-order valence-corrected chi connectivity index (χ0v) is 21.0.